The van der Waals surface area contributed by atoms with Gasteiger partial charge in [0.15, 0.2) is 0 Å². The quantitative estimate of drug-likeness (QED) is 0.424. The maximum Gasteiger partial charge on any atom is 0.379 e. The van der Waals surface area contributed by atoms with Gasteiger partial charge in [0.25, 0.3) is 11.0 Å². The van der Waals surface area contributed by atoms with Crippen molar-refractivity contribution in [2.75, 3.05) is 0 Å². The molecule has 0 radical (unpaired) electrons. The van der Waals surface area contributed by atoms with E-state index >= 15 is 0 Å². The standard InChI is InChI=1S/CHF3.H2O3S.H2S/c2-1(3)4;1-4(2)3;/h1H;4H,(H,1,2,3);1H2. The van der Waals surface area contributed by atoms with Crippen LogP contribution in [0, 0.1) is 0 Å². The van der Waals surface area contributed by atoms with Crippen LogP contribution in [0.15, 0.2) is 0 Å². The molecule has 3 nitrogen and oxygen atoms in total. The molecule has 0 aromatic carbocycles. The SMILES string of the molecule is FC(F)F.O=[SH](=O)O.S. The van der Waals surface area contributed by atoms with E-state index in [0.717, 1.165) is 0 Å². The van der Waals surface area contributed by atoms with Crippen LogP contribution in [0.3, 0.4) is 0 Å². The number of thiol groups is 1. The van der Waals surface area contributed by atoms with E-state index in [9.17, 15) is 13.2 Å². The summed E-state index contributed by atoms with van der Waals surface area (Å²) >= 11 is 0. The summed E-state index contributed by atoms with van der Waals surface area (Å²) < 4.78 is 53.2. The van der Waals surface area contributed by atoms with Crippen LogP contribution in [0.5, 0.6) is 0 Å². The zero-order valence-corrected chi connectivity index (χ0v) is 5.82. The highest BCUT2D eigenvalue weighted by atomic mass is 32.2. The van der Waals surface area contributed by atoms with Gasteiger partial charge in [0.05, 0.1) is 0 Å². The van der Waals surface area contributed by atoms with Crippen molar-refractivity contribution in [1.82, 2.24) is 0 Å². The molecule has 0 aromatic rings. The topological polar surface area (TPSA) is 54.4 Å². The van der Waals surface area contributed by atoms with Crippen molar-refractivity contribution < 1.29 is 26.1 Å². The van der Waals surface area contributed by atoms with Gasteiger partial charge < -0.3 is 0 Å². The lowest BCUT2D eigenvalue weighted by Crippen LogP contribution is -1.65. The van der Waals surface area contributed by atoms with Gasteiger partial charge in [-0.25, -0.2) is 8.42 Å². The maximum absolute atomic E-state index is 9.67. The Morgan fingerprint density at radius 3 is 1.22 bits per heavy atom. The Labute approximate surface area is 58.1 Å². The third-order valence-corrected chi connectivity index (χ3v) is 0. The van der Waals surface area contributed by atoms with Gasteiger partial charge in [-0.2, -0.15) is 26.7 Å². The molecule has 60 valence electrons. The fourth-order valence-electron chi connectivity index (χ4n) is 0. The summed E-state index contributed by atoms with van der Waals surface area (Å²) in [6, 6.07) is 0. The second-order valence-electron chi connectivity index (χ2n) is 0.485. The van der Waals surface area contributed by atoms with E-state index < -0.39 is 17.7 Å². The Balaban J connectivity index is -0.0000000720. The fraction of sp³-hybridized carbons (Fsp3) is 1.00. The van der Waals surface area contributed by atoms with Crippen molar-refractivity contribution in [2.45, 2.75) is 6.68 Å². The van der Waals surface area contributed by atoms with E-state index in [1.54, 1.807) is 0 Å². The van der Waals surface area contributed by atoms with Crippen molar-refractivity contribution in [3.05, 3.63) is 0 Å². The molecule has 0 heterocycles. The molecule has 0 aliphatic heterocycles. The van der Waals surface area contributed by atoms with E-state index in [1.165, 1.54) is 0 Å². The minimum absolute atomic E-state index is 0. The maximum atomic E-state index is 9.67. The molecule has 0 saturated carbocycles. The summed E-state index contributed by atoms with van der Waals surface area (Å²) in [4.78, 5) is 0. The minimum atomic E-state index is -3.67. The van der Waals surface area contributed by atoms with E-state index in [0.29, 0.717) is 0 Å². The first-order chi connectivity index (χ1) is 3.46. The Hall–Kier alpha value is 0.0500. The van der Waals surface area contributed by atoms with E-state index in [4.69, 9.17) is 13.0 Å². The summed E-state index contributed by atoms with van der Waals surface area (Å²) in [5.41, 5.74) is 0. The van der Waals surface area contributed by atoms with Crippen LogP contribution >= 0.6 is 13.5 Å². The molecule has 0 amide bonds. The highest BCUT2D eigenvalue weighted by molar-refractivity contribution is 7.66. The molecule has 0 aliphatic carbocycles. The second kappa shape index (κ2) is 10.9. The number of hydrogen-bond donors (Lipinski definition) is 2. The minimum Gasteiger partial charge on any atom is -0.288 e. The van der Waals surface area contributed by atoms with Crippen molar-refractivity contribution in [2.24, 2.45) is 0 Å². The largest absolute Gasteiger partial charge is 0.379 e. The van der Waals surface area contributed by atoms with Crippen LogP contribution in [-0.4, -0.2) is 19.6 Å². The van der Waals surface area contributed by atoms with Crippen molar-refractivity contribution >= 4 is 24.5 Å². The Bertz CT molecular complexity index is 90.5. The third kappa shape index (κ3) is 118000. The van der Waals surface area contributed by atoms with Gasteiger partial charge >= 0.3 is 6.68 Å². The van der Waals surface area contributed by atoms with Gasteiger partial charge in [-0.15, -0.1) is 0 Å². The van der Waals surface area contributed by atoms with E-state index in [2.05, 4.69) is 0 Å². The van der Waals surface area contributed by atoms with Crippen LogP contribution in [0.2, 0.25) is 0 Å². The molecule has 0 saturated heterocycles. The van der Waals surface area contributed by atoms with Crippen LogP contribution in [0.4, 0.5) is 13.2 Å². The lowest BCUT2D eigenvalue weighted by molar-refractivity contribution is 0.00819. The number of hydrogen-bond acceptors (Lipinski definition) is 2. The van der Waals surface area contributed by atoms with Gasteiger partial charge in [0.1, 0.15) is 0 Å². The first-order valence-corrected chi connectivity index (χ1v) is 2.35. The summed E-state index contributed by atoms with van der Waals surface area (Å²) in [6.45, 7) is -3.67. The van der Waals surface area contributed by atoms with Crippen LogP contribution < -0.4 is 0 Å². The van der Waals surface area contributed by atoms with Gasteiger partial charge in [0.2, 0.25) is 0 Å². The molecule has 0 bridgehead atoms. The number of alkyl halides is 3. The molecule has 9 heavy (non-hydrogen) atoms. The third-order valence-electron chi connectivity index (χ3n) is 0. The van der Waals surface area contributed by atoms with Crippen LogP contribution in [0.25, 0.3) is 0 Å². The van der Waals surface area contributed by atoms with Crippen molar-refractivity contribution in [3.63, 3.8) is 0 Å². The van der Waals surface area contributed by atoms with Gasteiger partial charge in [-0.1, -0.05) is 0 Å². The Morgan fingerprint density at radius 1 is 1.22 bits per heavy atom. The van der Waals surface area contributed by atoms with Gasteiger partial charge in [-0.05, 0) is 0 Å². The predicted molar refractivity (Wildman–Crippen MR) is 30.4 cm³/mol. The monoisotopic (exact) mass is 186 g/mol. The number of halogens is 3. The molecule has 8 heteroatoms. The average Bonchev–Trinajstić information content (AvgIpc) is 1.25. The van der Waals surface area contributed by atoms with Gasteiger partial charge in [0, 0.05) is 0 Å². The molecule has 0 fully saturated rings. The Morgan fingerprint density at radius 2 is 1.22 bits per heavy atom. The first-order valence-electron chi connectivity index (χ1n) is 1.22. The lowest BCUT2D eigenvalue weighted by atomic mass is 11.6. The van der Waals surface area contributed by atoms with Gasteiger partial charge in [-0.3, -0.25) is 4.55 Å². The fourth-order valence-corrected chi connectivity index (χ4v) is 0. The molecule has 0 aliphatic rings. The zero-order valence-electron chi connectivity index (χ0n) is 3.92. The second-order valence-corrected chi connectivity index (χ2v) is 0.961. The van der Waals surface area contributed by atoms with Crippen LogP contribution in [0.1, 0.15) is 0 Å². The molecule has 0 atom stereocenters. The summed E-state index contributed by atoms with van der Waals surface area (Å²) in [5, 5.41) is 0. The average molecular weight is 186 g/mol. The van der Waals surface area contributed by atoms with Crippen molar-refractivity contribution in [1.29, 1.82) is 0 Å². The molecule has 0 rings (SSSR count). The summed E-state index contributed by atoms with van der Waals surface area (Å²) in [6.07, 6.45) is 0. The van der Waals surface area contributed by atoms with Crippen LogP contribution in [-0.2, 0) is 11.0 Å². The predicted octanol–water partition coefficient (Wildman–Crippen LogP) is 0.362. The molecule has 0 aromatic heterocycles. The smallest absolute Gasteiger partial charge is 0.288 e. The highest BCUT2D eigenvalue weighted by Crippen LogP contribution is 1.87. The summed E-state index contributed by atoms with van der Waals surface area (Å²) in [7, 11) is -3.12. The zero-order chi connectivity index (χ0) is 7.15. The molecule has 1 N–H and O–H groups in total. The van der Waals surface area contributed by atoms with E-state index in [1.807, 2.05) is 0 Å². The normalized spacial score (nSPS) is 7.78. The molecular formula is CH5F3O3S2. The summed E-state index contributed by atoms with van der Waals surface area (Å²) in [5.74, 6) is 0. The lowest BCUT2D eigenvalue weighted by Gasteiger charge is -1.65. The Kier molecular flexibility index (Phi) is 19.5. The van der Waals surface area contributed by atoms with Crippen molar-refractivity contribution in [3.8, 4) is 0 Å². The molecular weight excluding hydrogens is 181 g/mol. The molecule has 0 spiro atoms. The number of rotatable bonds is 0. The highest BCUT2D eigenvalue weighted by Gasteiger charge is 1.86. The molecule has 0 unspecified atom stereocenters. The van der Waals surface area contributed by atoms with E-state index in [-0.39, 0.29) is 13.5 Å². The first kappa shape index (κ1) is 16.0.